The number of amides is 2. The van der Waals surface area contributed by atoms with Gasteiger partial charge in [-0.05, 0) is 42.0 Å². The van der Waals surface area contributed by atoms with Crippen LogP contribution in [-0.2, 0) is 4.79 Å². The minimum absolute atomic E-state index is 0.0296. The molecule has 2 amide bonds. The third-order valence-corrected chi connectivity index (χ3v) is 6.20. The minimum atomic E-state index is -0.308. The molecule has 1 N–H and O–H groups in total. The summed E-state index contributed by atoms with van der Waals surface area (Å²) in [5.41, 5.74) is 2.29. The second kappa shape index (κ2) is 11.3. The number of nitrogens with zero attached hydrogens (tertiary/aromatic N) is 1. The molecule has 1 heterocycles. The number of ether oxygens (including phenoxy) is 1. The molecule has 3 aromatic rings. The Morgan fingerprint density at radius 1 is 0.818 bits per heavy atom. The SMILES string of the molecule is O=C(CC(c1ccccc1)c1ccccc1)NCC1CCN(C(=O)Oc2ccccc2)CC1. The predicted molar refractivity (Wildman–Crippen MR) is 129 cm³/mol. The summed E-state index contributed by atoms with van der Waals surface area (Å²) in [7, 11) is 0. The summed E-state index contributed by atoms with van der Waals surface area (Å²) in [5.74, 6) is 1.01. The highest BCUT2D eigenvalue weighted by Gasteiger charge is 2.25. The molecule has 0 aromatic heterocycles. The van der Waals surface area contributed by atoms with Gasteiger partial charge in [-0.25, -0.2) is 4.79 Å². The van der Waals surface area contributed by atoms with E-state index in [0.717, 1.165) is 24.0 Å². The van der Waals surface area contributed by atoms with Gasteiger partial charge in [-0.15, -0.1) is 0 Å². The molecule has 1 saturated heterocycles. The first-order chi connectivity index (χ1) is 16.2. The second-order valence-electron chi connectivity index (χ2n) is 8.49. The van der Waals surface area contributed by atoms with E-state index in [4.69, 9.17) is 4.74 Å². The Labute approximate surface area is 195 Å². The summed E-state index contributed by atoms with van der Waals surface area (Å²) in [5, 5.41) is 3.13. The molecule has 0 aliphatic carbocycles. The van der Waals surface area contributed by atoms with Gasteiger partial charge in [-0.3, -0.25) is 4.79 Å². The fraction of sp³-hybridized carbons (Fsp3) is 0.286. The third kappa shape index (κ3) is 6.45. The fourth-order valence-electron chi connectivity index (χ4n) is 4.29. The molecule has 170 valence electrons. The zero-order valence-electron chi connectivity index (χ0n) is 18.7. The molecule has 0 saturated carbocycles. The fourth-order valence-corrected chi connectivity index (χ4v) is 4.29. The first-order valence-electron chi connectivity index (χ1n) is 11.6. The lowest BCUT2D eigenvalue weighted by Crippen LogP contribution is -2.42. The van der Waals surface area contributed by atoms with Gasteiger partial charge in [0.05, 0.1) is 0 Å². The zero-order valence-corrected chi connectivity index (χ0v) is 18.7. The van der Waals surface area contributed by atoms with Gasteiger partial charge < -0.3 is 15.0 Å². The number of hydrogen-bond donors (Lipinski definition) is 1. The quantitative estimate of drug-likeness (QED) is 0.545. The van der Waals surface area contributed by atoms with Crippen molar-refractivity contribution in [3.63, 3.8) is 0 Å². The van der Waals surface area contributed by atoms with Gasteiger partial charge in [-0.1, -0.05) is 78.9 Å². The summed E-state index contributed by atoms with van der Waals surface area (Å²) in [6, 6.07) is 29.5. The minimum Gasteiger partial charge on any atom is -0.410 e. The van der Waals surface area contributed by atoms with Gasteiger partial charge >= 0.3 is 6.09 Å². The van der Waals surface area contributed by atoms with Crippen molar-refractivity contribution in [2.24, 2.45) is 5.92 Å². The van der Waals surface area contributed by atoms with Crippen molar-refractivity contribution in [1.29, 1.82) is 0 Å². The summed E-state index contributed by atoms with van der Waals surface area (Å²) in [6.07, 6.45) is 1.81. The van der Waals surface area contributed by atoms with Crippen LogP contribution in [0.4, 0.5) is 4.79 Å². The number of rotatable bonds is 7. The van der Waals surface area contributed by atoms with Crippen molar-refractivity contribution in [3.8, 4) is 5.75 Å². The maximum atomic E-state index is 12.8. The third-order valence-electron chi connectivity index (χ3n) is 6.20. The molecule has 0 unspecified atom stereocenters. The van der Waals surface area contributed by atoms with E-state index in [9.17, 15) is 9.59 Å². The van der Waals surface area contributed by atoms with Crippen LogP contribution >= 0.6 is 0 Å². The summed E-state index contributed by atoms with van der Waals surface area (Å²) < 4.78 is 5.43. The Kier molecular flexibility index (Phi) is 7.75. The van der Waals surface area contributed by atoms with Crippen molar-refractivity contribution in [3.05, 3.63) is 102 Å². The van der Waals surface area contributed by atoms with Crippen LogP contribution < -0.4 is 10.1 Å². The number of benzene rings is 3. The van der Waals surface area contributed by atoms with Crippen molar-refractivity contribution in [2.75, 3.05) is 19.6 Å². The van der Waals surface area contributed by atoms with Crippen molar-refractivity contribution < 1.29 is 14.3 Å². The number of piperidine rings is 1. The Hall–Kier alpha value is -3.60. The molecular formula is C28H30N2O3. The first-order valence-corrected chi connectivity index (χ1v) is 11.6. The van der Waals surface area contributed by atoms with Crippen LogP contribution in [0.1, 0.15) is 36.3 Å². The van der Waals surface area contributed by atoms with Crippen LogP contribution in [-0.4, -0.2) is 36.5 Å². The van der Waals surface area contributed by atoms with E-state index < -0.39 is 0 Å². The lowest BCUT2D eigenvalue weighted by molar-refractivity contribution is -0.121. The molecular weight excluding hydrogens is 412 g/mol. The predicted octanol–water partition coefficient (Wildman–Crippen LogP) is 5.24. The van der Waals surface area contributed by atoms with E-state index in [0.29, 0.717) is 37.7 Å². The number of likely N-dealkylation sites (tertiary alicyclic amines) is 1. The van der Waals surface area contributed by atoms with Crippen LogP contribution in [0.2, 0.25) is 0 Å². The molecule has 4 rings (SSSR count). The molecule has 1 fully saturated rings. The normalized spacial score (nSPS) is 14.2. The molecule has 1 aliphatic rings. The van der Waals surface area contributed by atoms with Crippen molar-refractivity contribution in [2.45, 2.75) is 25.2 Å². The van der Waals surface area contributed by atoms with Gasteiger partial charge in [0.15, 0.2) is 0 Å². The molecule has 0 radical (unpaired) electrons. The highest BCUT2D eigenvalue weighted by molar-refractivity contribution is 5.77. The summed E-state index contributed by atoms with van der Waals surface area (Å²) in [4.78, 5) is 26.9. The molecule has 3 aromatic carbocycles. The molecule has 5 nitrogen and oxygen atoms in total. The molecule has 0 atom stereocenters. The van der Waals surface area contributed by atoms with Crippen LogP contribution in [0.25, 0.3) is 0 Å². The smallest absolute Gasteiger partial charge is 0.410 e. The van der Waals surface area contributed by atoms with E-state index in [1.165, 1.54) is 0 Å². The van der Waals surface area contributed by atoms with E-state index >= 15 is 0 Å². The molecule has 0 spiro atoms. The van der Waals surface area contributed by atoms with E-state index in [2.05, 4.69) is 29.6 Å². The summed E-state index contributed by atoms with van der Waals surface area (Å²) >= 11 is 0. The van der Waals surface area contributed by atoms with Crippen LogP contribution in [0, 0.1) is 5.92 Å². The Balaban J connectivity index is 1.25. The highest BCUT2D eigenvalue weighted by atomic mass is 16.6. The van der Waals surface area contributed by atoms with E-state index in [1.807, 2.05) is 54.6 Å². The lowest BCUT2D eigenvalue weighted by atomic mass is 9.88. The highest BCUT2D eigenvalue weighted by Crippen LogP contribution is 2.28. The molecule has 5 heteroatoms. The van der Waals surface area contributed by atoms with Crippen LogP contribution in [0.15, 0.2) is 91.0 Å². The summed E-state index contributed by atoms with van der Waals surface area (Å²) in [6.45, 7) is 1.92. The van der Waals surface area contributed by atoms with Crippen LogP contribution in [0.3, 0.4) is 0 Å². The molecule has 0 bridgehead atoms. The molecule has 33 heavy (non-hydrogen) atoms. The average molecular weight is 443 g/mol. The number of nitrogens with one attached hydrogen (secondary N) is 1. The van der Waals surface area contributed by atoms with Gasteiger partial charge in [0.25, 0.3) is 0 Å². The lowest BCUT2D eigenvalue weighted by Gasteiger charge is -2.31. The van der Waals surface area contributed by atoms with Gasteiger partial charge in [0, 0.05) is 32.0 Å². The van der Waals surface area contributed by atoms with Gasteiger partial charge in [0.2, 0.25) is 5.91 Å². The first kappa shape index (κ1) is 22.6. The number of carbonyl (C=O) groups excluding carboxylic acids is 2. The average Bonchev–Trinajstić information content (AvgIpc) is 2.88. The van der Waals surface area contributed by atoms with Crippen LogP contribution in [0.5, 0.6) is 5.75 Å². The number of carbonyl (C=O) groups is 2. The Bertz CT molecular complexity index is 977. The van der Waals surface area contributed by atoms with Gasteiger partial charge in [-0.2, -0.15) is 0 Å². The Morgan fingerprint density at radius 3 is 1.88 bits per heavy atom. The number of hydrogen-bond acceptors (Lipinski definition) is 3. The topological polar surface area (TPSA) is 58.6 Å². The molecule has 1 aliphatic heterocycles. The van der Waals surface area contributed by atoms with Crippen molar-refractivity contribution >= 4 is 12.0 Å². The maximum absolute atomic E-state index is 12.8. The van der Waals surface area contributed by atoms with E-state index in [1.54, 1.807) is 17.0 Å². The monoisotopic (exact) mass is 442 g/mol. The number of para-hydroxylation sites is 1. The Morgan fingerprint density at radius 2 is 1.33 bits per heavy atom. The standard InChI is InChI=1S/C28H30N2O3/c31-27(20-26(23-10-4-1-5-11-23)24-12-6-2-7-13-24)29-21-22-16-18-30(19-17-22)28(32)33-25-14-8-3-9-15-25/h1-15,22,26H,16-21H2,(H,29,31). The zero-order chi connectivity index (χ0) is 22.9. The van der Waals surface area contributed by atoms with E-state index in [-0.39, 0.29) is 17.9 Å². The largest absolute Gasteiger partial charge is 0.415 e. The maximum Gasteiger partial charge on any atom is 0.415 e. The second-order valence-corrected chi connectivity index (χ2v) is 8.49. The van der Waals surface area contributed by atoms with Gasteiger partial charge in [0.1, 0.15) is 5.75 Å². The van der Waals surface area contributed by atoms with Crippen molar-refractivity contribution in [1.82, 2.24) is 10.2 Å².